The summed E-state index contributed by atoms with van der Waals surface area (Å²) in [6.07, 6.45) is 3.64. The lowest BCUT2D eigenvalue weighted by molar-refractivity contribution is -0.146. The van der Waals surface area contributed by atoms with Gasteiger partial charge in [-0.1, -0.05) is 42.5 Å². The van der Waals surface area contributed by atoms with Gasteiger partial charge in [0.05, 0.1) is 29.6 Å². The molecule has 8 nitrogen and oxygen atoms in total. The van der Waals surface area contributed by atoms with Crippen molar-refractivity contribution in [1.82, 2.24) is 19.5 Å². The number of nitrogens with two attached hydrogens (primary N) is 1. The molecule has 1 aliphatic heterocycles. The molecule has 0 spiro atoms. The Bertz CT molecular complexity index is 1310. The summed E-state index contributed by atoms with van der Waals surface area (Å²) < 4.78 is 7.33. The zero-order chi connectivity index (χ0) is 24.2. The number of esters is 1. The number of nitrogens with zero attached hydrogens (tertiary/aromatic N) is 5. The number of fused-ring (bicyclic) bond motifs is 1. The number of hydrogen-bond donors (Lipinski definition) is 1. The normalized spacial score (nSPS) is 14.4. The number of hydrogen-bond acceptors (Lipinski definition) is 7. The van der Waals surface area contributed by atoms with Crippen molar-refractivity contribution < 1.29 is 9.53 Å². The molecule has 0 atom stereocenters. The lowest BCUT2D eigenvalue weighted by Gasteiger charge is -2.34. The fourth-order valence-corrected chi connectivity index (χ4v) is 4.51. The van der Waals surface area contributed by atoms with Gasteiger partial charge >= 0.3 is 5.97 Å². The number of rotatable bonds is 7. The van der Waals surface area contributed by atoms with Crippen LogP contribution in [0.5, 0.6) is 0 Å². The summed E-state index contributed by atoms with van der Waals surface area (Å²) in [6.45, 7) is 6.48. The van der Waals surface area contributed by atoms with E-state index in [-0.39, 0.29) is 5.97 Å². The number of aryl methyl sites for hydroxylation is 1. The zero-order valence-electron chi connectivity index (χ0n) is 19.9. The van der Waals surface area contributed by atoms with Crippen molar-refractivity contribution in [2.75, 3.05) is 37.6 Å². The van der Waals surface area contributed by atoms with Gasteiger partial charge in [-0.3, -0.25) is 9.69 Å². The first kappa shape index (κ1) is 23.0. The van der Waals surface area contributed by atoms with Crippen LogP contribution >= 0.6 is 0 Å². The van der Waals surface area contributed by atoms with E-state index in [1.807, 2.05) is 41.0 Å². The van der Waals surface area contributed by atoms with Gasteiger partial charge in [0.25, 0.3) is 0 Å². The Morgan fingerprint density at radius 1 is 1.06 bits per heavy atom. The van der Waals surface area contributed by atoms with Crippen LogP contribution in [0.4, 0.5) is 5.69 Å². The Hall–Kier alpha value is -3.75. The predicted molar refractivity (Wildman–Crippen MR) is 136 cm³/mol. The third kappa shape index (κ3) is 5.18. The van der Waals surface area contributed by atoms with Crippen molar-refractivity contribution in [3.8, 4) is 11.3 Å². The van der Waals surface area contributed by atoms with Gasteiger partial charge < -0.3 is 15.4 Å². The highest BCUT2D eigenvalue weighted by Crippen LogP contribution is 2.28. The van der Waals surface area contributed by atoms with Crippen molar-refractivity contribution in [3.63, 3.8) is 0 Å². The summed E-state index contributed by atoms with van der Waals surface area (Å²) in [4.78, 5) is 21.3. The van der Waals surface area contributed by atoms with E-state index in [2.05, 4.69) is 51.1 Å². The Balaban J connectivity index is 1.22. The molecule has 2 aromatic carbocycles. The Morgan fingerprint density at radius 2 is 1.86 bits per heavy atom. The van der Waals surface area contributed by atoms with Gasteiger partial charge in [0.15, 0.2) is 0 Å². The van der Waals surface area contributed by atoms with Crippen LogP contribution in [0.25, 0.3) is 16.8 Å². The molecule has 2 aromatic heterocycles. The van der Waals surface area contributed by atoms with Crippen LogP contribution in [-0.2, 0) is 22.7 Å². The molecule has 8 heteroatoms. The second-order valence-corrected chi connectivity index (χ2v) is 8.89. The van der Waals surface area contributed by atoms with Gasteiger partial charge in [0.1, 0.15) is 12.9 Å². The number of aromatic nitrogens is 3. The van der Waals surface area contributed by atoms with E-state index in [0.29, 0.717) is 19.7 Å². The Labute approximate surface area is 204 Å². The first-order chi connectivity index (χ1) is 17.1. The van der Waals surface area contributed by atoms with Crippen molar-refractivity contribution >= 4 is 17.2 Å². The molecular formula is C27H30N6O2. The summed E-state index contributed by atoms with van der Waals surface area (Å²) in [6, 6.07) is 18.2. The number of carbonyl (C=O) groups is 1. The fraction of sp³-hybridized carbons (Fsp3) is 0.296. The van der Waals surface area contributed by atoms with Crippen LogP contribution in [0, 0.1) is 6.92 Å². The molecule has 0 radical (unpaired) electrons. The molecule has 4 aromatic rings. The first-order valence-corrected chi connectivity index (χ1v) is 11.9. The van der Waals surface area contributed by atoms with Gasteiger partial charge in [-0.05, 0) is 35.7 Å². The highest BCUT2D eigenvalue weighted by atomic mass is 16.5. The maximum atomic E-state index is 12.3. The maximum Gasteiger partial charge on any atom is 0.320 e. The molecule has 35 heavy (non-hydrogen) atoms. The standard InChI is InChI=1S/C27H30N6O2/c1-20-13-22(7-8-23(20)15-28)27-25-14-24(16-33(25)30-19-29-27)32-11-9-31(10-12-32)17-26(34)35-18-21-5-3-2-4-6-21/h2-8,13-14,16,19H,9-12,15,17-18,28H2,1H3. The first-order valence-electron chi connectivity index (χ1n) is 11.9. The highest BCUT2D eigenvalue weighted by Gasteiger charge is 2.21. The van der Waals surface area contributed by atoms with E-state index in [1.165, 1.54) is 0 Å². The quantitative estimate of drug-likeness (QED) is 0.415. The zero-order valence-corrected chi connectivity index (χ0v) is 19.9. The van der Waals surface area contributed by atoms with E-state index in [1.54, 1.807) is 6.33 Å². The highest BCUT2D eigenvalue weighted by molar-refractivity contribution is 5.80. The van der Waals surface area contributed by atoms with Crippen molar-refractivity contribution in [2.24, 2.45) is 5.73 Å². The molecule has 2 N–H and O–H groups in total. The van der Waals surface area contributed by atoms with Crippen LogP contribution in [0.1, 0.15) is 16.7 Å². The summed E-state index contributed by atoms with van der Waals surface area (Å²) >= 11 is 0. The molecule has 0 bridgehead atoms. The molecule has 0 aliphatic carbocycles. The van der Waals surface area contributed by atoms with E-state index in [0.717, 1.165) is 65.3 Å². The average Bonchev–Trinajstić information content (AvgIpc) is 3.33. The molecule has 0 unspecified atom stereocenters. The lowest BCUT2D eigenvalue weighted by atomic mass is 10.0. The smallest absolute Gasteiger partial charge is 0.320 e. The molecule has 180 valence electrons. The minimum atomic E-state index is -0.187. The number of piperazine rings is 1. The van der Waals surface area contributed by atoms with Crippen molar-refractivity contribution in [1.29, 1.82) is 0 Å². The summed E-state index contributed by atoms with van der Waals surface area (Å²) in [5, 5.41) is 4.43. The summed E-state index contributed by atoms with van der Waals surface area (Å²) in [5.41, 5.74) is 13.1. The van der Waals surface area contributed by atoms with Crippen LogP contribution in [0.2, 0.25) is 0 Å². The second kappa shape index (κ2) is 10.2. The number of carbonyl (C=O) groups excluding carboxylic acids is 1. The molecule has 1 aliphatic rings. The minimum absolute atomic E-state index is 0.187. The van der Waals surface area contributed by atoms with Crippen LogP contribution in [-0.4, -0.2) is 58.2 Å². The molecule has 5 rings (SSSR count). The number of benzene rings is 2. The monoisotopic (exact) mass is 470 g/mol. The Morgan fingerprint density at radius 3 is 2.60 bits per heavy atom. The minimum Gasteiger partial charge on any atom is -0.460 e. The molecule has 1 fully saturated rings. The van der Waals surface area contributed by atoms with Crippen molar-refractivity contribution in [2.45, 2.75) is 20.1 Å². The second-order valence-electron chi connectivity index (χ2n) is 8.89. The average molecular weight is 471 g/mol. The lowest BCUT2D eigenvalue weighted by Crippen LogP contribution is -2.48. The number of ether oxygens (including phenoxy) is 1. The molecular weight excluding hydrogens is 440 g/mol. The third-order valence-electron chi connectivity index (χ3n) is 6.56. The van der Waals surface area contributed by atoms with Gasteiger partial charge in [0, 0.05) is 38.3 Å². The van der Waals surface area contributed by atoms with E-state index < -0.39 is 0 Å². The SMILES string of the molecule is Cc1cc(-c2ncnn3cc(N4CCN(CC(=O)OCc5ccccc5)CC4)cc23)ccc1CN. The Kier molecular flexibility index (Phi) is 6.74. The summed E-state index contributed by atoms with van der Waals surface area (Å²) in [5.74, 6) is -0.187. The van der Waals surface area contributed by atoms with Crippen molar-refractivity contribution in [3.05, 3.63) is 83.8 Å². The van der Waals surface area contributed by atoms with Crippen LogP contribution in [0.3, 0.4) is 0 Å². The van der Waals surface area contributed by atoms with Crippen LogP contribution in [0.15, 0.2) is 67.1 Å². The van der Waals surface area contributed by atoms with Gasteiger partial charge in [0.2, 0.25) is 0 Å². The van der Waals surface area contributed by atoms with E-state index in [9.17, 15) is 4.79 Å². The van der Waals surface area contributed by atoms with Crippen LogP contribution < -0.4 is 10.6 Å². The molecule has 3 heterocycles. The van der Waals surface area contributed by atoms with Gasteiger partial charge in [-0.25, -0.2) is 9.50 Å². The molecule has 0 saturated carbocycles. The van der Waals surface area contributed by atoms with Gasteiger partial charge in [-0.2, -0.15) is 5.10 Å². The largest absolute Gasteiger partial charge is 0.460 e. The predicted octanol–water partition coefficient (Wildman–Crippen LogP) is 3.03. The summed E-state index contributed by atoms with van der Waals surface area (Å²) in [7, 11) is 0. The van der Waals surface area contributed by atoms with E-state index >= 15 is 0 Å². The third-order valence-corrected chi connectivity index (χ3v) is 6.56. The molecule has 1 saturated heterocycles. The fourth-order valence-electron chi connectivity index (χ4n) is 4.51. The van der Waals surface area contributed by atoms with Gasteiger partial charge in [-0.15, -0.1) is 0 Å². The maximum absolute atomic E-state index is 12.3. The van der Waals surface area contributed by atoms with E-state index in [4.69, 9.17) is 10.5 Å². The number of anilines is 1. The topological polar surface area (TPSA) is 89.0 Å². The molecule has 0 amide bonds.